The smallest absolute Gasteiger partial charge is 0.268 e. The number of nitrogens with zero attached hydrogens (tertiary/aromatic N) is 3. The first-order chi connectivity index (χ1) is 9.08. The molecule has 1 aromatic rings. The van der Waals surface area contributed by atoms with Gasteiger partial charge in [-0.1, -0.05) is 0 Å². The van der Waals surface area contributed by atoms with Gasteiger partial charge in [-0.25, -0.2) is 4.68 Å². The summed E-state index contributed by atoms with van der Waals surface area (Å²) in [7, 11) is 5.10. The highest BCUT2D eigenvalue weighted by molar-refractivity contribution is 5.41. The van der Waals surface area contributed by atoms with Gasteiger partial charge in [0.15, 0.2) is 0 Å². The van der Waals surface area contributed by atoms with Crippen LogP contribution in [0.1, 0.15) is 0 Å². The zero-order chi connectivity index (χ0) is 14.3. The molecule has 7 heteroatoms. The summed E-state index contributed by atoms with van der Waals surface area (Å²) < 4.78 is 11.3. The minimum atomic E-state index is -0.243. The van der Waals surface area contributed by atoms with Crippen LogP contribution in [0, 0.1) is 0 Å². The summed E-state index contributed by atoms with van der Waals surface area (Å²) in [5.41, 5.74) is 6.39. The number of rotatable bonds is 8. The topological polar surface area (TPSA) is 82.6 Å². The van der Waals surface area contributed by atoms with Gasteiger partial charge in [0.2, 0.25) is 0 Å². The molecule has 0 saturated carbocycles. The van der Waals surface area contributed by atoms with Gasteiger partial charge >= 0.3 is 0 Å². The van der Waals surface area contributed by atoms with E-state index in [1.807, 2.05) is 11.9 Å². The first-order valence-electron chi connectivity index (χ1n) is 6.10. The lowest BCUT2D eigenvalue weighted by Gasteiger charge is -2.19. The van der Waals surface area contributed by atoms with Crippen molar-refractivity contribution in [3.05, 3.63) is 22.6 Å². The zero-order valence-electron chi connectivity index (χ0n) is 11.7. The predicted octanol–water partition coefficient (Wildman–Crippen LogP) is -0.700. The molecule has 1 heterocycles. The Balaban J connectivity index is 2.71. The summed E-state index contributed by atoms with van der Waals surface area (Å²) in [5.74, 6) is 0. The van der Waals surface area contributed by atoms with Crippen LogP contribution in [0.4, 0.5) is 5.69 Å². The summed E-state index contributed by atoms with van der Waals surface area (Å²) in [6.45, 7) is 2.03. The molecule has 0 aromatic carbocycles. The first-order valence-corrected chi connectivity index (χ1v) is 6.10. The normalized spacial score (nSPS) is 12.4. The van der Waals surface area contributed by atoms with Crippen molar-refractivity contribution in [1.82, 2.24) is 9.78 Å². The van der Waals surface area contributed by atoms with Crippen molar-refractivity contribution in [2.75, 3.05) is 45.9 Å². The number of ether oxygens (including phenoxy) is 2. The third-order valence-corrected chi connectivity index (χ3v) is 2.71. The van der Waals surface area contributed by atoms with Gasteiger partial charge in [0.1, 0.15) is 0 Å². The van der Waals surface area contributed by atoms with Crippen molar-refractivity contribution in [2.24, 2.45) is 5.73 Å². The van der Waals surface area contributed by atoms with E-state index in [1.165, 1.54) is 4.68 Å². The summed E-state index contributed by atoms with van der Waals surface area (Å²) in [6, 6.07) is 1.30. The number of hydrogen-bond donors (Lipinski definition) is 1. The van der Waals surface area contributed by atoms with Crippen LogP contribution >= 0.6 is 0 Å². The van der Waals surface area contributed by atoms with Crippen LogP contribution in [-0.4, -0.2) is 56.8 Å². The third kappa shape index (κ3) is 4.98. The summed E-state index contributed by atoms with van der Waals surface area (Å²) in [6.07, 6.45) is 1.65. The first kappa shape index (κ1) is 15.6. The molecule has 1 aromatic heterocycles. The van der Waals surface area contributed by atoms with Gasteiger partial charge in [0.25, 0.3) is 5.56 Å². The molecular weight excluding hydrogens is 248 g/mol. The van der Waals surface area contributed by atoms with Gasteiger partial charge in [0.05, 0.1) is 31.6 Å². The molecule has 1 atom stereocenters. The standard InChI is InChI=1S/C12H22N4O3/c1-15(4-5-18-2)11-6-12(17)16(14-7-11)8-10(13)9-19-3/h6-7,10H,4-5,8-9,13H2,1-3H3. The maximum atomic E-state index is 11.9. The largest absolute Gasteiger partial charge is 0.383 e. The molecule has 0 aliphatic rings. The van der Waals surface area contributed by atoms with E-state index in [0.717, 1.165) is 5.69 Å². The highest BCUT2D eigenvalue weighted by atomic mass is 16.5. The van der Waals surface area contributed by atoms with Crippen molar-refractivity contribution in [3.8, 4) is 0 Å². The zero-order valence-corrected chi connectivity index (χ0v) is 11.7. The highest BCUT2D eigenvalue weighted by Crippen LogP contribution is 2.06. The molecule has 0 radical (unpaired) electrons. The molecule has 108 valence electrons. The maximum absolute atomic E-state index is 11.9. The molecule has 19 heavy (non-hydrogen) atoms. The minimum Gasteiger partial charge on any atom is -0.383 e. The lowest BCUT2D eigenvalue weighted by molar-refractivity contribution is 0.171. The maximum Gasteiger partial charge on any atom is 0.268 e. The average molecular weight is 270 g/mol. The Morgan fingerprint density at radius 1 is 1.47 bits per heavy atom. The van der Waals surface area contributed by atoms with Crippen molar-refractivity contribution in [1.29, 1.82) is 0 Å². The second-order valence-electron chi connectivity index (χ2n) is 4.36. The van der Waals surface area contributed by atoms with Crippen LogP contribution < -0.4 is 16.2 Å². The summed E-state index contributed by atoms with van der Waals surface area (Å²) >= 11 is 0. The van der Waals surface area contributed by atoms with Gasteiger partial charge in [-0.05, 0) is 0 Å². The SMILES string of the molecule is COCCN(C)c1cnn(CC(N)COC)c(=O)c1. The number of likely N-dealkylation sites (N-methyl/N-ethyl adjacent to an activating group) is 1. The lowest BCUT2D eigenvalue weighted by Crippen LogP contribution is -2.36. The van der Waals surface area contributed by atoms with Crippen LogP contribution in [0.3, 0.4) is 0 Å². The van der Waals surface area contributed by atoms with Crippen LogP contribution in [0.25, 0.3) is 0 Å². The van der Waals surface area contributed by atoms with Crippen molar-refractivity contribution < 1.29 is 9.47 Å². The van der Waals surface area contributed by atoms with Gasteiger partial charge in [-0.15, -0.1) is 0 Å². The van der Waals surface area contributed by atoms with E-state index < -0.39 is 0 Å². The van der Waals surface area contributed by atoms with E-state index >= 15 is 0 Å². The van der Waals surface area contributed by atoms with Crippen molar-refractivity contribution in [3.63, 3.8) is 0 Å². The molecule has 0 bridgehead atoms. The Labute approximate surface area is 112 Å². The van der Waals surface area contributed by atoms with E-state index in [4.69, 9.17) is 15.2 Å². The number of nitrogens with two attached hydrogens (primary N) is 1. The van der Waals surface area contributed by atoms with Gasteiger partial charge in [0, 0.05) is 39.9 Å². The number of aromatic nitrogens is 2. The molecule has 7 nitrogen and oxygen atoms in total. The Kier molecular flexibility index (Phi) is 6.48. The molecule has 0 fully saturated rings. The molecule has 0 saturated heterocycles. The summed E-state index contributed by atoms with van der Waals surface area (Å²) in [4.78, 5) is 13.8. The molecule has 0 spiro atoms. The number of anilines is 1. The Bertz CT molecular complexity index is 435. The van der Waals surface area contributed by atoms with E-state index in [2.05, 4.69) is 5.10 Å². The van der Waals surface area contributed by atoms with E-state index in [1.54, 1.807) is 26.5 Å². The monoisotopic (exact) mass is 270 g/mol. The van der Waals surface area contributed by atoms with Crippen LogP contribution in [0.5, 0.6) is 0 Å². The minimum absolute atomic E-state index is 0.173. The van der Waals surface area contributed by atoms with E-state index in [-0.39, 0.29) is 11.6 Å². The molecule has 0 aliphatic carbocycles. The molecular formula is C12H22N4O3. The molecule has 2 N–H and O–H groups in total. The third-order valence-electron chi connectivity index (χ3n) is 2.71. The lowest BCUT2D eigenvalue weighted by atomic mass is 10.3. The Morgan fingerprint density at radius 2 is 2.21 bits per heavy atom. The fraction of sp³-hybridized carbons (Fsp3) is 0.667. The average Bonchev–Trinajstić information content (AvgIpc) is 2.38. The van der Waals surface area contributed by atoms with Crippen molar-refractivity contribution >= 4 is 5.69 Å². The highest BCUT2D eigenvalue weighted by Gasteiger charge is 2.08. The fourth-order valence-corrected chi connectivity index (χ4v) is 1.62. The van der Waals surface area contributed by atoms with Gasteiger partial charge in [-0.3, -0.25) is 4.79 Å². The van der Waals surface area contributed by atoms with Gasteiger partial charge in [-0.2, -0.15) is 5.10 Å². The van der Waals surface area contributed by atoms with Crippen LogP contribution in [-0.2, 0) is 16.0 Å². The Morgan fingerprint density at radius 3 is 2.79 bits per heavy atom. The quantitative estimate of drug-likeness (QED) is 0.672. The van der Waals surface area contributed by atoms with Crippen LogP contribution in [0.15, 0.2) is 17.1 Å². The molecule has 1 rings (SSSR count). The second kappa shape index (κ2) is 7.88. The predicted molar refractivity (Wildman–Crippen MR) is 73.5 cm³/mol. The second-order valence-corrected chi connectivity index (χ2v) is 4.36. The molecule has 1 unspecified atom stereocenters. The van der Waals surface area contributed by atoms with E-state index in [9.17, 15) is 4.79 Å². The molecule has 0 amide bonds. The van der Waals surface area contributed by atoms with Crippen molar-refractivity contribution in [2.45, 2.75) is 12.6 Å². The molecule has 0 aliphatic heterocycles. The fourth-order valence-electron chi connectivity index (χ4n) is 1.62. The van der Waals surface area contributed by atoms with Crippen LogP contribution in [0.2, 0.25) is 0 Å². The van der Waals surface area contributed by atoms with Gasteiger partial charge < -0.3 is 20.1 Å². The number of hydrogen-bond acceptors (Lipinski definition) is 6. The summed E-state index contributed by atoms with van der Waals surface area (Å²) in [5, 5.41) is 4.12. The van der Waals surface area contributed by atoms with E-state index in [0.29, 0.717) is 26.3 Å². The Hall–Kier alpha value is -1.44. The number of methoxy groups -OCH3 is 2.